The molecule has 0 fully saturated rings. The van der Waals surface area contributed by atoms with Crippen molar-refractivity contribution < 1.29 is 9.18 Å². The molecule has 0 aliphatic rings. The van der Waals surface area contributed by atoms with Gasteiger partial charge in [-0.3, -0.25) is 9.78 Å². The van der Waals surface area contributed by atoms with Crippen LogP contribution in [0.4, 0.5) is 4.39 Å². The number of nitrogens with zero attached hydrogens (tertiary/aromatic N) is 2. The fraction of sp³-hybridized carbons (Fsp3) is 0.100. The molecule has 3 aromatic heterocycles. The molecule has 1 amide bonds. The number of nitrogens with one attached hydrogen (secondary N) is 1. The van der Waals surface area contributed by atoms with E-state index in [1.165, 1.54) is 12.1 Å². The molecule has 0 saturated heterocycles. The predicted molar refractivity (Wildman–Crippen MR) is 101 cm³/mol. The normalized spacial score (nSPS) is 11.0. The Morgan fingerprint density at radius 1 is 1.15 bits per heavy atom. The van der Waals surface area contributed by atoms with Gasteiger partial charge in [-0.1, -0.05) is 12.1 Å². The fourth-order valence-electron chi connectivity index (χ4n) is 2.93. The summed E-state index contributed by atoms with van der Waals surface area (Å²) in [5.41, 5.74) is 2.55. The number of amides is 1. The zero-order valence-electron chi connectivity index (χ0n) is 13.9. The predicted octanol–water partition coefficient (Wildman–Crippen LogP) is 4.22. The van der Waals surface area contributed by atoms with Gasteiger partial charge in [0.25, 0.3) is 0 Å². The van der Waals surface area contributed by atoms with Crippen molar-refractivity contribution in [2.45, 2.75) is 13.1 Å². The average Bonchev–Trinajstić information content (AvgIpc) is 3.29. The SMILES string of the molecule is O=C(Cn1c(-c2cccs2)cc2cc(F)ccc21)NCc1ccccn1. The summed E-state index contributed by atoms with van der Waals surface area (Å²) < 4.78 is 15.5. The lowest BCUT2D eigenvalue weighted by Crippen LogP contribution is -2.27. The van der Waals surface area contributed by atoms with E-state index in [1.807, 2.05) is 46.3 Å². The molecule has 4 rings (SSSR count). The number of fused-ring (bicyclic) bond motifs is 1. The highest BCUT2D eigenvalue weighted by atomic mass is 32.1. The fourth-order valence-corrected chi connectivity index (χ4v) is 3.68. The Morgan fingerprint density at radius 3 is 2.85 bits per heavy atom. The maximum Gasteiger partial charge on any atom is 0.240 e. The molecule has 0 atom stereocenters. The van der Waals surface area contributed by atoms with Crippen LogP contribution in [0.2, 0.25) is 0 Å². The van der Waals surface area contributed by atoms with Crippen LogP contribution in [0.5, 0.6) is 0 Å². The number of hydrogen-bond acceptors (Lipinski definition) is 3. The zero-order valence-corrected chi connectivity index (χ0v) is 14.7. The van der Waals surface area contributed by atoms with E-state index in [0.29, 0.717) is 6.54 Å². The van der Waals surface area contributed by atoms with Crippen molar-refractivity contribution in [2.24, 2.45) is 0 Å². The minimum Gasteiger partial charge on any atom is -0.349 e. The Morgan fingerprint density at radius 2 is 2.08 bits per heavy atom. The van der Waals surface area contributed by atoms with Crippen molar-refractivity contribution in [3.8, 4) is 10.6 Å². The molecule has 0 bridgehead atoms. The van der Waals surface area contributed by atoms with Crippen molar-refractivity contribution in [1.82, 2.24) is 14.9 Å². The highest BCUT2D eigenvalue weighted by Gasteiger charge is 2.15. The third kappa shape index (κ3) is 3.36. The number of thiophene rings is 1. The summed E-state index contributed by atoms with van der Waals surface area (Å²) in [7, 11) is 0. The quantitative estimate of drug-likeness (QED) is 0.576. The van der Waals surface area contributed by atoms with Gasteiger partial charge in [0.05, 0.1) is 22.8 Å². The number of carbonyl (C=O) groups excluding carboxylic acids is 1. The first kappa shape index (κ1) is 16.5. The van der Waals surface area contributed by atoms with E-state index in [4.69, 9.17) is 0 Å². The second kappa shape index (κ2) is 7.09. The van der Waals surface area contributed by atoms with E-state index in [0.717, 1.165) is 27.2 Å². The molecule has 0 aliphatic carbocycles. The number of rotatable bonds is 5. The van der Waals surface area contributed by atoms with E-state index in [1.54, 1.807) is 23.6 Å². The maximum absolute atomic E-state index is 13.6. The first-order valence-electron chi connectivity index (χ1n) is 8.20. The van der Waals surface area contributed by atoms with Crippen LogP contribution in [0.25, 0.3) is 21.5 Å². The number of halogens is 1. The van der Waals surface area contributed by atoms with Crippen LogP contribution in [0.15, 0.2) is 66.2 Å². The molecular formula is C20H16FN3OS. The molecule has 1 N–H and O–H groups in total. The van der Waals surface area contributed by atoms with E-state index < -0.39 is 0 Å². The van der Waals surface area contributed by atoms with E-state index >= 15 is 0 Å². The number of hydrogen-bond donors (Lipinski definition) is 1. The number of pyridine rings is 1. The molecule has 1 aromatic carbocycles. The number of benzene rings is 1. The first-order chi connectivity index (χ1) is 12.7. The van der Waals surface area contributed by atoms with Crippen molar-refractivity contribution in [3.05, 3.63) is 77.7 Å². The van der Waals surface area contributed by atoms with Crippen molar-refractivity contribution in [1.29, 1.82) is 0 Å². The molecule has 4 nitrogen and oxygen atoms in total. The van der Waals surface area contributed by atoms with Crippen LogP contribution in [-0.2, 0) is 17.9 Å². The summed E-state index contributed by atoms with van der Waals surface area (Å²) in [6.07, 6.45) is 1.70. The molecule has 0 aliphatic heterocycles. The summed E-state index contributed by atoms with van der Waals surface area (Å²) >= 11 is 1.59. The van der Waals surface area contributed by atoms with Crippen molar-refractivity contribution in [2.75, 3.05) is 0 Å². The summed E-state index contributed by atoms with van der Waals surface area (Å²) in [6.45, 7) is 0.539. The summed E-state index contributed by atoms with van der Waals surface area (Å²) in [4.78, 5) is 17.7. The van der Waals surface area contributed by atoms with Crippen LogP contribution in [0, 0.1) is 5.82 Å². The van der Waals surface area contributed by atoms with Gasteiger partial charge in [-0.25, -0.2) is 4.39 Å². The minimum atomic E-state index is -0.285. The number of aromatic nitrogens is 2. The molecule has 0 saturated carbocycles. The minimum absolute atomic E-state index is 0.115. The molecule has 6 heteroatoms. The molecular weight excluding hydrogens is 349 g/mol. The number of carbonyl (C=O) groups is 1. The second-order valence-electron chi connectivity index (χ2n) is 5.89. The molecule has 0 spiro atoms. The van der Waals surface area contributed by atoms with Gasteiger partial charge in [0.1, 0.15) is 12.4 Å². The van der Waals surface area contributed by atoms with Crippen LogP contribution < -0.4 is 5.32 Å². The van der Waals surface area contributed by atoms with E-state index in [-0.39, 0.29) is 18.3 Å². The summed E-state index contributed by atoms with van der Waals surface area (Å²) in [5.74, 6) is -0.401. The summed E-state index contributed by atoms with van der Waals surface area (Å²) in [5, 5.41) is 5.66. The molecule has 0 unspecified atom stereocenters. The van der Waals surface area contributed by atoms with Crippen molar-refractivity contribution >= 4 is 28.1 Å². The smallest absolute Gasteiger partial charge is 0.240 e. The lowest BCUT2D eigenvalue weighted by Gasteiger charge is -2.10. The van der Waals surface area contributed by atoms with Gasteiger partial charge in [0.15, 0.2) is 0 Å². The highest BCUT2D eigenvalue weighted by Crippen LogP contribution is 2.31. The van der Waals surface area contributed by atoms with Crippen molar-refractivity contribution in [3.63, 3.8) is 0 Å². The third-order valence-corrected chi connectivity index (χ3v) is 5.02. The van der Waals surface area contributed by atoms with Gasteiger partial charge >= 0.3 is 0 Å². The Labute approximate surface area is 153 Å². The van der Waals surface area contributed by atoms with Gasteiger partial charge in [-0.2, -0.15) is 0 Å². The van der Waals surface area contributed by atoms with E-state index in [2.05, 4.69) is 10.3 Å². The average molecular weight is 365 g/mol. The largest absolute Gasteiger partial charge is 0.349 e. The van der Waals surface area contributed by atoms with Crippen LogP contribution in [-0.4, -0.2) is 15.5 Å². The van der Waals surface area contributed by atoms with Crippen LogP contribution >= 0.6 is 11.3 Å². The molecule has 4 aromatic rings. The zero-order chi connectivity index (χ0) is 17.9. The van der Waals surface area contributed by atoms with Gasteiger partial charge in [-0.15, -0.1) is 11.3 Å². The van der Waals surface area contributed by atoms with E-state index in [9.17, 15) is 9.18 Å². The topological polar surface area (TPSA) is 46.9 Å². The van der Waals surface area contributed by atoms with Crippen LogP contribution in [0.1, 0.15) is 5.69 Å². The highest BCUT2D eigenvalue weighted by molar-refractivity contribution is 7.13. The molecule has 0 radical (unpaired) electrons. The lowest BCUT2D eigenvalue weighted by molar-refractivity contribution is -0.121. The monoisotopic (exact) mass is 365 g/mol. The Hall–Kier alpha value is -2.99. The van der Waals surface area contributed by atoms with Gasteiger partial charge in [0.2, 0.25) is 5.91 Å². The molecule has 3 heterocycles. The Bertz CT molecular complexity index is 1040. The molecule has 130 valence electrons. The van der Waals surface area contributed by atoms with Gasteiger partial charge < -0.3 is 9.88 Å². The maximum atomic E-state index is 13.6. The standard InChI is InChI=1S/C20H16FN3OS/c21-15-6-7-17-14(10-15)11-18(19-5-3-9-26-19)24(17)13-20(25)23-12-16-4-1-2-8-22-16/h1-11H,12-13H2,(H,23,25). The van der Waals surface area contributed by atoms with Gasteiger partial charge in [-0.05, 0) is 47.8 Å². The second-order valence-corrected chi connectivity index (χ2v) is 6.84. The summed E-state index contributed by atoms with van der Waals surface area (Å²) in [6, 6.07) is 16.1. The van der Waals surface area contributed by atoms with Crippen LogP contribution in [0.3, 0.4) is 0 Å². The van der Waals surface area contributed by atoms with Gasteiger partial charge in [0, 0.05) is 17.1 Å². The Balaban J connectivity index is 1.62. The first-order valence-corrected chi connectivity index (χ1v) is 9.08. The third-order valence-electron chi connectivity index (χ3n) is 4.13. The lowest BCUT2D eigenvalue weighted by atomic mass is 10.2. The Kier molecular flexibility index (Phi) is 4.50. The molecule has 26 heavy (non-hydrogen) atoms.